The van der Waals surface area contributed by atoms with Crippen molar-refractivity contribution < 1.29 is 14.3 Å². The number of fused-ring (bicyclic) bond motifs is 1. The molecule has 4 nitrogen and oxygen atoms in total. The molecule has 1 heterocycles. The Bertz CT molecular complexity index is 500. The topological polar surface area (TPSA) is 47.6 Å². The number of hydrogen-bond donors (Lipinski definition) is 1. The van der Waals surface area contributed by atoms with E-state index in [-0.39, 0.29) is 11.9 Å². The Hall–Kier alpha value is -1.71. The van der Waals surface area contributed by atoms with Gasteiger partial charge in [0, 0.05) is 6.04 Å². The number of carbonyl (C=O) groups excluding carboxylic acids is 1. The summed E-state index contributed by atoms with van der Waals surface area (Å²) in [5.41, 5.74) is 0.583. The summed E-state index contributed by atoms with van der Waals surface area (Å²) in [6, 6.07) is 5.76. The molecule has 0 radical (unpaired) electrons. The fourth-order valence-corrected chi connectivity index (χ4v) is 3.03. The third-order valence-corrected chi connectivity index (χ3v) is 4.24. The third kappa shape index (κ3) is 2.60. The molecular weight excluding hydrogens is 254 g/mol. The first-order chi connectivity index (χ1) is 9.75. The Morgan fingerprint density at radius 1 is 1.20 bits per heavy atom. The lowest BCUT2D eigenvalue weighted by Gasteiger charge is -2.30. The largest absolute Gasteiger partial charge is 0.486 e. The van der Waals surface area contributed by atoms with Gasteiger partial charge in [-0.15, -0.1) is 0 Å². The molecule has 1 aromatic carbocycles. The first kappa shape index (κ1) is 13.3. The van der Waals surface area contributed by atoms with E-state index in [9.17, 15) is 4.79 Å². The molecule has 0 spiro atoms. The maximum atomic E-state index is 12.5. The number of ether oxygens (including phenoxy) is 2. The van der Waals surface area contributed by atoms with Crippen LogP contribution in [0, 0.1) is 5.92 Å². The second-order valence-corrected chi connectivity index (χ2v) is 5.67. The van der Waals surface area contributed by atoms with E-state index >= 15 is 0 Å². The van der Waals surface area contributed by atoms with E-state index < -0.39 is 0 Å². The van der Waals surface area contributed by atoms with Crippen LogP contribution in [-0.4, -0.2) is 25.2 Å². The number of carbonyl (C=O) groups is 1. The Balaban J connectivity index is 1.77. The molecule has 2 atom stereocenters. The zero-order valence-corrected chi connectivity index (χ0v) is 11.9. The summed E-state index contributed by atoms with van der Waals surface area (Å²) in [7, 11) is 0. The van der Waals surface area contributed by atoms with Crippen molar-refractivity contribution >= 4 is 5.91 Å². The van der Waals surface area contributed by atoms with Gasteiger partial charge in [-0.2, -0.15) is 0 Å². The van der Waals surface area contributed by atoms with E-state index in [1.54, 1.807) is 6.07 Å². The molecule has 108 valence electrons. The van der Waals surface area contributed by atoms with Crippen LogP contribution in [-0.2, 0) is 0 Å². The molecule has 0 bridgehead atoms. The summed E-state index contributed by atoms with van der Waals surface area (Å²) in [6.07, 6.45) is 4.73. The van der Waals surface area contributed by atoms with Crippen molar-refractivity contribution in [3.05, 3.63) is 23.8 Å². The minimum atomic E-state index is -0.0499. The number of amides is 1. The molecule has 1 saturated carbocycles. The fourth-order valence-electron chi connectivity index (χ4n) is 3.03. The molecule has 1 amide bonds. The van der Waals surface area contributed by atoms with Crippen molar-refractivity contribution in [3.63, 3.8) is 0 Å². The van der Waals surface area contributed by atoms with Gasteiger partial charge < -0.3 is 14.8 Å². The number of nitrogens with one attached hydrogen (secondary N) is 1. The highest BCUT2D eigenvalue weighted by molar-refractivity contribution is 5.98. The van der Waals surface area contributed by atoms with Gasteiger partial charge in [0.15, 0.2) is 11.5 Å². The predicted octanol–water partition coefficient (Wildman–Crippen LogP) is 2.77. The van der Waals surface area contributed by atoms with Gasteiger partial charge in [0.25, 0.3) is 5.91 Å². The molecule has 2 aliphatic rings. The molecule has 0 saturated heterocycles. The Labute approximate surface area is 119 Å². The molecular formula is C16H21NO3. The summed E-state index contributed by atoms with van der Waals surface area (Å²) in [5, 5.41) is 3.16. The van der Waals surface area contributed by atoms with Crippen LogP contribution in [0.5, 0.6) is 11.5 Å². The van der Waals surface area contributed by atoms with Crippen LogP contribution in [0.2, 0.25) is 0 Å². The zero-order valence-electron chi connectivity index (χ0n) is 11.9. The molecule has 1 N–H and O–H groups in total. The second-order valence-electron chi connectivity index (χ2n) is 5.67. The average Bonchev–Trinajstić information content (AvgIpc) is 2.49. The lowest BCUT2D eigenvalue weighted by atomic mass is 9.86. The van der Waals surface area contributed by atoms with Crippen LogP contribution >= 0.6 is 0 Å². The van der Waals surface area contributed by atoms with Crippen molar-refractivity contribution in [1.29, 1.82) is 0 Å². The van der Waals surface area contributed by atoms with Crippen molar-refractivity contribution in [2.24, 2.45) is 5.92 Å². The lowest BCUT2D eigenvalue weighted by molar-refractivity contribution is 0.0899. The fraction of sp³-hybridized carbons (Fsp3) is 0.562. The zero-order chi connectivity index (χ0) is 13.9. The van der Waals surface area contributed by atoms with Crippen LogP contribution < -0.4 is 14.8 Å². The number of hydrogen-bond acceptors (Lipinski definition) is 3. The molecule has 3 rings (SSSR count). The Kier molecular flexibility index (Phi) is 3.81. The van der Waals surface area contributed by atoms with Crippen LogP contribution in [0.25, 0.3) is 0 Å². The van der Waals surface area contributed by atoms with E-state index in [1.807, 2.05) is 12.1 Å². The number of rotatable bonds is 2. The standard InChI is InChI=1S/C16H21NO3/c1-11-5-2-3-7-13(11)17-16(18)12-6-4-8-14-15(12)20-10-9-19-14/h4,6,8,11,13H,2-3,5,7,9-10H2,1H3,(H,17,18). The SMILES string of the molecule is CC1CCCCC1NC(=O)c1cccc2c1OCCO2. The highest BCUT2D eigenvalue weighted by Gasteiger charge is 2.26. The van der Waals surface area contributed by atoms with Crippen LogP contribution in [0.4, 0.5) is 0 Å². The highest BCUT2D eigenvalue weighted by Crippen LogP contribution is 2.34. The van der Waals surface area contributed by atoms with Gasteiger partial charge in [-0.1, -0.05) is 25.8 Å². The van der Waals surface area contributed by atoms with Gasteiger partial charge in [0.05, 0.1) is 5.56 Å². The molecule has 1 aliphatic carbocycles. The van der Waals surface area contributed by atoms with Crippen molar-refractivity contribution in [2.45, 2.75) is 38.6 Å². The normalized spacial score (nSPS) is 25.1. The van der Waals surface area contributed by atoms with Gasteiger partial charge in [0.2, 0.25) is 0 Å². The molecule has 4 heteroatoms. The molecule has 1 aromatic rings. The van der Waals surface area contributed by atoms with Gasteiger partial charge in [-0.05, 0) is 30.9 Å². The van der Waals surface area contributed by atoms with Gasteiger partial charge in [-0.25, -0.2) is 0 Å². The molecule has 1 fully saturated rings. The van der Waals surface area contributed by atoms with E-state index in [0.29, 0.717) is 36.2 Å². The number of para-hydroxylation sites is 1. The van der Waals surface area contributed by atoms with E-state index in [2.05, 4.69) is 12.2 Å². The Morgan fingerprint density at radius 3 is 2.85 bits per heavy atom. The van der Waals surface area contributed by atoms with Gasteiger partial charge >= 0.3 is 0 Å². The maximum absolute atomic E-state index is 12.5. The molecule has 0 aromatic heterocycles. The molecule has 2 unspecified atom stereocenters. The van der Waals surface area contributed by atoms with Crippen molar-refractivity contribution in [1.82, 2.24) is 5.32 Å². The second kappa shape index (κ2) is 5.73. The summed E-state index contributed by atoms with van der Waals surface area (Å²) >= 11 is 0. The first-order valence-corrected chi connectivity index (χ1v) is 7.45. The third-order valence-electron chi connectivity index (χ3n) is 4.24. The minimum Gasteiger partial charge on any atom is -0.486 e. The number of benzene rings is 1. The summed E-state index contributed by atoms with van der Waals surface area (Å²) < 4.78 is 11.1. The Morgan fingerprint density at radius 2 is 2.00 bits per heavy atom. The summed E-state index contributed by atoms with van der Waals surface area (Å²) in [6.45, 7) is 3.25. The van der Waals surface area contributed by atoms with E-state index in [1.165, 1.54) is 19.3 Å². The first-order valence-electron chi connectivity index (χ1n) is 7.45. The molecule has 20 heavy (non-hydrogen) atoms. The van der Waals surface area contributed by atoms with Crippen LogP contribution in [0.1, 0.15) is 43.0 Å². The smallest absolute Gasteiger partial charge is 0.255 e. The molecule has 1 aliphatic heterocycles. The van der Waals surface area contributed by atoms with Crippen LogP contribution in [0.15, 0.2) is 18.2 Å². The lowest BCUT2D eigenvalue weighted by Crippen LogP contribution is -2.41. The predicted molar refractivity (Wildman–Crippen MR) is 76.3 cm³/mol. The highest BCUT2D eigenvalue weighted by atomic mass is 16.6. The summed E-state index contributed by atoms with van der Waals surface area (Å²) in [5.74, 6) is 1.75. The average molecular weight is 275 g/mol. The van der Waals surface area contributed by atoms with Gasteiger partial charge in [0.1, 0.15) is 13.2 Å². The van der Waals surface area contributed by atoms with Crippen LogP contribution in [0.3, 0.4) is 0 Å². The van der Waals surface area contributed by atoms with Crippen molar-refractivity contribution in [2.75, 3.05) is 13.2 Å². The quantitative estimate of drug-likeness (QED) is 0.902. The van der Waals surface area contributed by atoms with E-state index in [0.717, 1.165) is 6.42 Å². The monoisotopic (exact) mass is 275 g/mol. The van der Waals surface area contributed by atoms with Crippen molar-refractivity contribution in [3.8, 4) is 11.5 Å². The van der Waals surface area contributed by atoms with Gasteiger partial charge in [-0.3, -0.25) is 4.79 Å². The summed E-state index contributed by atoms with van der Waals surface area (Å²) in [4.78, 5) is 12.5. The van der Waals surface area contributed by atoms with E-state index in [4.69, 9.17) is 9.47 Å². The minimum absolute atomic E-state index is 0.0499. The maximum Gasteiger partial charge on any atom is 0.255 e.